The van der Waals surface area contributed by atoms with Gasteiger partial charge < -0.3 is 16.4 Å². The Hall–Kier alpha value is -2.09. The van der Waals surface area contributed by atoms with Gasteiger partial charge in [-0.3, -0.25) is 14.8 Å². The number of benzene rings is 1. The second-order valence-corrected chi connectivity index (χ2v) is 8.30. The second kappa shape index (κ2) is 7.73. The smallest absolute Gasteiger partial charge is 0.266 e. The van der Waals surface area contributed by atoms with Crippen LogP contribution in [-0.2, 0) is 7.05 Å². The van der Waals surface area contributed by atoms with Crippen LogP contribution in [0.1, 0.15) is 30.9 Å². The summed E-state index contributed by atoms with van der Waals surface area (Å²) in [7, 11) is 1.64. The van der Waals surface area contributed by atoms with Crippen molar-refractivity contribution in [1.82, 2.24) is 9.55 Å². The fourth-order valence-electron chi connectivity index (χ4n) is 3.41. The largest absolute Gasteiger partial charge is 0.383 e. The van der Waals surface area contributed by atoms with E-state index in [0.717, 1.165) is 25.9 Å². The Balaban J connectivity index is 1.99. The molecule has 1 fully saturated rings. The number of aromatic nitrogens is 2. The first-order valence-electron chi connectivity index (χ1n) is 9.03. The van der Waals surface area contributed by atoms with Crippen LogP contribution < -0.4 is 21.9 Å². The molecule has 2 aromatic rings. The van der Waals surface area contributed by atoms with Crippen LogP contribution in [0.3, 0.4) is 0 Å². The Bertz CT molecular complexity index is 979. The summed E-state index contributed by atoms with van der Waals surface area (Å²) >= 11 is 12.3. The van der Waals surface area contributed by atoms with E-state index in [1.807, 2.05) is 4.90 Å². The van der Waals surface area contributed by atoms with Gasteiger partial charge in [-0.05, 0) is 30.9 Å². The molecule has 9 heteroatoms. The molecule has 3 rings (SSSR count). The highest BCUT2D eigenvalue weighted by atomic mass is 35.5. The lowest BCUT2D eigenvalue weighted by molar-refractivity contribution is 0.256. The van der Waals surface area contributed by atoms with E-state index < -0.39 is 5.56 Å². The van der Waals surface area contributed by atoms with E-state index in [1.54, 1.807) is 25.2 Å². The van der Waals surface area contributed by atoms with Crippen molar-refractivity contribution < 1.29 is 0 Å². The van der Waals surface area contributed by atoms with Crippen molar-refractivity contribution in [3.63, 3.8) is 0 Å². The number of nitrogens with one attached hydrogen (secondary N) is 1. The molecule has 1 saturated heterocycles. The van der Waals surface area contributed by atoms with Gasteiger partial charge in [0, 0.05) is 25.7 Å². The molecule has 1 aliphatic rings. The summed E-state index contributed by atoms with van der Waals surface area (Å²) in [5, 5.41) is 8.99. The van der Waals surface area contributed by atoms with Crippen LogP contribution in [0.15, 0.2) is 23.0 Å². The van der Waals surface area contributed by atoms with Gasteiger partial charge in [-0.15, -0.1) is 0 Å². The standard InChI is InChI=1S/C19H24Cl2N6O/c1-19(10-22)6-8-27(9-7-19)18-25-16(24)13(17(28)26(18)2)15(23)11-4-3-5-12(20)14(11)21/h3-5,23H,6-10,22,24H2,1-2H3. The van der Waals surface area contributed by atoms with E-state index >= 15 is 0 Å². The number of nitrogens with zero attached hydrogens (tertiary/aromatic N) is 3. The summed E-state index contributed by atoms with van der Waals surface area (Å²) in [5.41, 5.74) is 12.0. The van der Waals surface area contributed by atoms with Crippen molar-refractivity contribution >= 4 is 40.7 Å². The third-order valence-electron chi connectivity index (χ3n) is 5.51. The van der Waals surface area contributed by atoms with E-state index in [0.29, 0.717) is 23.1 Å². The minimum atomic E-state index is -0.393. The molecule has 0 amide bonds. The number of nitrogens with two attached hydrogens (primary N) is 2. The lowest BCUT2D eigenvalue weighted by Crippen LogP contribution is -2.44. The molecule has 28 heavy (non-hydrogen) atoms. The van der Waals surface area contributed by atoms with Crippen molar-refractivity contribution in [2.75, 3.05) is 30.3 Å². The number of hydrogen-bond donors (Lipinski definition) is 3. The number of piperidine rings is 1. The SMILES string of the molecule is Cn1c(N2CCC(C)(CN)CC2)nc(N)c(C(=N)c2cccc(Cl)c2Cl)c1=O. The summed E-state index contributed by atoms with van der Waals surface area (Å²) < 4.78 is 1.43. The molecule has 0 aliphatic carbocycles. The first kappa shape index (κ1) is 20.6. The number of hydrogen-bond acceptors (Lipinski definition) is 6. The summed E-state index contributed by atoms with van der Waals surface area (Å²) in [5.74, 6) is 0.501. The van der Waals surface area contributed by atoms with Crippen LogP contribution in [0, 0.1) is 10.8 Å². The van der Waals surface area contributed by atoms with E-state index in [-0.39, 0.29) is 27.5 Å². The van der Waals surface area contributed by atoms with Crippen LogP contribution >= 0.6 is 23.2 Å². The summed E-state index contributed by atoms with van der Waals surface area (Å²) in [6.45, 7) is 4.28. The average molecular weight is 423 g/mol. The van der Waals surface area contributed by atoms with Crippen molar-refractivity contribution in [1.29, 1.82) is 5.41 Å². The highest BCUT2D eigenvalue weighted by Crippen LogP contribution is 2.32. The normalized spacial score (nSPS) is 16.2. The maximum absolute atomic E-state index is 13.0. The first-order chi connectivity index (χ1) is 13.2. The van der Waals surface area contributed by atoms with Gasteiger partial charge in [-0.2, -0.15) is 4.98 Å². The zero-order chi connectivity index (χ0) is 20.6. The predicted molar refractivity (Wildman–Crippen MR) is 115 cm³/mol. The topological polar surface area (TPSA) is 114 Å². The molecular weight excluding hydrogens is 399 g/mol. The molecule has 2 heterocycles. The highest BCUT2D eigenvalue weighted by molar-refractivity contribution is 6.44. The predicted octanol–water partition coefficient (Wildman–Crippen LogP) is 2.65. The molecule has 0 bridgehead atoms. The number of rotatable bonds is 4. The van der Waals surface area contributed by atoms with Gasteiger partial charge in [0.05, 0.1) is 15.8 Å². The molecule has 5 N–H and O–H groups in total. The van der Waals surface area contributed by atoms with Crippen LogP contribution in [0.4, 0.5) is 11.8 Å². The average Bonchev–Trinajstić information content (AvgIpc) is 2.67. The summed E-state index contributed by atoms with van der Waals surface area (Å²) in [6, 6.07) is 4.92. The van der Waals surface area contributed by atoms with Crippen LogP contribution in [0.2, 0.25) is 10.0 Å². The highest BCUT2D eigenvalue weighted by Gasteiger charge is 2.31. The van der Waals surface area contributed by atoms with Crippen LogP contribution in [0.5, 0.6) is 0 Å². The zero-order valence-electron chi connectivity index (χ0n) is 15.9. The van der Waals surface area contributed by atoms with Crippen LogP contribution in [0.25, 0.3) is 0 Å². The molecule has 1 aromatic heterocycles. The number of nitrogen functional groups attached to an aromatic ring is 1. The maximum atomic E-state index is 13.0. The monoisotopic (exact) mass is 422 g/mol. The molecular formula is C19H24Cl2N6O. The first-order valence-corrected chi connectivity index (χ1v) is 9.79. The van der Waals surface area contributed by atoms with Gasteiger partial charge in [0.2, 0.25) is 5.95 Å². The van der Waals surface area contributed by atoms with Gasteiger partial charge in [-0.25, -0.2) is 0 Å². The van der Waals surface area contributed by atoms with Crippen molar-refractivity contribution in [2.24, 2.45) is 18.2 Å². The Labute approximate surface area is 173 Å². The molecule has 1 aromatic carbocycles. The molecule has 7 nitrogen and oxygen atoms in total. The molecule has 0 unspecified atom stereocenters. The lowest BCUT2D eigenvalue weighted by Gasteiger charge is -2.39. The fraction of sp³-hybridized carbons (Fsp3) is 0.421. The molecule has 1 aliphatic heterocycles. The van der Waals surface area contributed by atoms with Crippen molar-refractivity contribution in [3.05, 3.63) is 49.7 Å². The Morgan fingerprint density at radius 1 is 1.32 bits per heavy atom. The van der Waals surface area contributed by atoms with Crippen LogP contribution in [-0.4, -0.2) is 34.9 Å². The van der Waals surface area contributed by atoms with Gasteiger partial charge in [0.1, 0.15) is 11.4 Å². The number of anilines is 2. The molecule has 0 atom stereocenters. The van der Waals surface area contributed by atoms with Crippen molar-refractivity contribution in [3.8, 4) is 0 Å². The van der Waals surface area contributed by atoms with E-state index in [9.17, 15) is 4.79 Å². The lowest BCUT2D eigenvalue weighted by atomic mass is 9.81. The Morgan fingerprint density at radius 2 is 1.96 bits per heavy atom. The van der Waals surface area contributed by atoms with E-state index in [4.69, 9.17) is 40.1 Å². The summed E-state index contributed by atoms with van der Waals surface area (Å²) in [4.78, 5) is 19.5. The Kier molecular flexibility index (Phi) is 5.70. The maximum Gasteiger partial charge on any atom is 0.266 e. The third kappa shape index (κ3) is 3.62. The second-order valence-electron chi connectivity index (χ2n) is 7.51. The molecule has 150 valence electrons. The fourth-order valence-corrected chi connectivity index (χ4v) is 3.80. The van der Waals surface area contributed by atoms with Gasteiger partial charge in [-0.1, -0.05) is 42.3 Å². The molecule has 0 saturated carbocycles. The van der Waals surface area contributed by atoms with Gasteiger partial charge in [0.15, 0.2) is 0 Å². The molecule has 0 radical (unpaired) electrons. The Morgan fingerprint density at radius 3 is 2.57 bits per heavy atom. The minimum absolute atomic E-state index is 0.00584. The van der Waals surface area contributed by atoms with E-state index in [2.05, 4.69) is 11.9 Å². The zero-order valence-corrected chi connectivity index (χ0v) is 17.4. The van der Waals surface area contributed by atoms with Gasteiger partial charge >= 0.3 is 0 Å². The van der Waals surface area contributed by atoms with Crippen molar-refractivity contribution in [2.45, 2.75) is 19.8 Å². The number of halogens is 2. The third-order valence-corrected chi connectivity index (χ3v) is 6.33. The quantitative estimate of drug-likeness (QED) is 0.655. The minimum Gasteiger partial charge on any atom is -0.383 e. The van der Waals surface area contributed by atoms with Gasteiger partial charge in [0.25, 0.3) is 5.56 Å². The molecule has 0 spiro atoms. The summed E-state index contributed by atoms with van der Waals surface area (Å²) in [6.07, 6.45) is 1.82. The van der Waals surface area contributed by atoms with E-state index in [1.165, 1.54) is 4.57 Å².